The minimum Gasteiger partial charge on any atom is -0.380 e. The predicted molar refractivity (Wildman–Crippen MR) is 90.0 cm³/mol. The Hall–Kier alpha value is -1.75. The second-order valence-corrected chi connectivity index (χ2v) is 7.27. The van der Waals surface area contributed by atoms with Gasteiger partial charge >= 0.3 is 0 Å². The summed E-state index contributed by atoms with van der Waals surface area (Å²) in [6.07, 6.45) is 2.20. The van der Waals surface area contributed by atoms with Gasteiger partial charge in [-0.2, -0.15) is 0 Å². The predicted octanol–water partition coefficient (Wildman–Crippen LogP) is 2.95. The van der Waals surface area contributed by atoms with Gasteiger partial charge in [0.05, 0.1) is 6.54 Å². The molecular formula is C19H26FNO3. The molecule has 0 radical (unpaired) electrons. The van der Waals surface area contributed by atoms with E-state index < -0.39 is 17.3 Å². The highest BCUT2D eigenvalue weighted by Gasteiger charge is 2.48. The molecule has 0 aliphatic heterocycles. The minimum absolute atomic E-state index is 0.116. The summed E-state index contributed by atoms with van der Waals surface area (Å²) >= 11 is 0. The van der Waals surface area contributed by atoms with Crippen LogP contribution >= 0.6 is 0 Å². The SMILES string of the molecule is CC1CCC(C(C)C)[C@@](O)(C(=O)NCC(=O)c2ccc(F)cc2)C1. The topological polar surface area (TPSA) is 66.4 Å². The van der Waals surface area contributed by atoms with Gasteiger partial charge in [0.15, 0.2) is 5.78 Å². The summed E-state index contributed by atoms with van der Waals surface area (Å²) in [6, 6.07) is 5.19. The van der Waals surface area contributed by atoms with E-state index in [9.17, 15) is 19.1 Å². The smallest absolute Gasteiger partial charge is 0.252 e. The Labute approximate surface area is 142 Å². The summed E-state index contributed by atoms with van der Waals surface area (Å²) in [5.74, 6) is -0.875. The molecule has 4 nitrogen and oxygen atoms in total. The molecule has 1 fully saturated rings. The van der Waals surface area contributed by atoms with E-state index in [4.69, 9.17) is 0 Å². The van der Waals surface area contributed by atoms with Crippen molar-refractivity contribution >= 4 is 11.7 Å². The van der Waals surface area contributed by atoms with Gasteiger partial charge in [0.2, 0.25) is 0 Å². The Morgan fingerprint density at radius 3 is 2.50 bits per heavy atom. The molecule has 5 heteroatoms. The molecule has 132 valence electrons. The van der Waals surface area contributed by atoms with E-state index in [1.807, 2.05) is 20.8 Å². The maximum atomic E-state index is 12.9. The molecule has 3 atom stereocenters. The summed E-state index contributed by atoms with van der Waals surface area (Å²) in [5.41, 5.74) is -1.10. The first-order valence-corrected chi connectivity index (χ1v) is 8.53. The van der Waals surface area contributed by atoms with Crippen LogP contribution in [0.5, 0.6) is 0 Å². The molecule has 0 saturated heterocycles. The van der Waals surface area contributed by atoms with Crippen molar-refractivity contribution in [2.75, 3.05) is 6.54 Å². The van der Waals surface area contributed by atoms with Crippen molar-refractivity contribution in [3.63, 3.8) is 0 Å². The summed E-state index contributed by atoms with van der Waals surface area (Å²) in [7, 11) is 0. The van der Waals surface area contributed by atoms with Crippen LogP contribution in [0.25, 0.3) is 0 Å². The molecule has 1 amide bonds. The average Bonchev–Trinajstić information content (AvgIpc) is 2.52. The Balaban J connectivity index is 2.04. The number of amides is 1. The molecular weight excluding hydrogens is 309 g/mol. The van der Waals surface area contributed by atoms with Gasteiger partial charge in [0.1, 0.15) is 11.4 Å². The number of carbonyl (C=O) groups excluding carboxylic acids is 2. The highest BCUT2D eigenvalue weighted by atomic mass is 19.1. The van der Waals surface area contributed by atoms with E-state index in [1.165, 1.54) is 24.3 Å². The monoisotopic (exact) mass is 335 g/mol. The number of hydrogen-bond donors (Lipinski definition) is 2. The summed E-state index contributed by atoms with van der Waals surface area (Å²) in [5, 5.41) is 13.6. The quantitative estimate of drug-likeness (QED) is 0.813. The molecule has 0 heterocycles. The first-order chi connectivity index (χ1) is 11.2. The average molecular weight is 335 g/mol. The summed E-state index contributed by atoms with van der Waals surface area (Å²) in [4.78, 5) is 24.7. The van der Waals surface area contributed by atoms with Crippen molar-refractivity contribution in [1.29, 1.82) is 0 Å². The fraction of sp³-hybridized carbons (Fsp3) is 0.579. The van der Waals surface area contributed by atoms with Crippen LogP contribution in [0, 0.1) is 23.6 Å². The van der Waals surface area contributed by atoms with E-state index in [1.54, 1.807) is 0 Å². The first kappa shape index (κ1) is 18.6. The van der Waals surface area contributed by atoms with Crippen LogP contribution in [0.15, 0.2) is 24.3 Å². The zero-order valence-corrected chi connectivity index (χ0v) is 14.5. The first-order valence-electron chi connectivity index (χ1n) is 8.53. The zero-order valence-electron chi connectivity index (χ0n) is 14.5. The maximum absolute atomic E-state index is 12.9. The van der Waals surface area contributed by atoms with Crippen LogP contribution in [0.3, 0.4) is 0 Å². The Bertz CT molecular complexity index is 599. The van der Waals surface area contributed by atoms with Crippen LogP contribution in [-0.2, 0) is 4.79 Å². The van der Waals surface area contributed by atoms with Crippen LogP contribution < -0.4 is 5.32 Å². The van der Waals surface area contributed by atoms with Crippen molar-refractivity contribution in [3.05, 3.63) is 35.6 Å². The van der Waals surface area contributed by atoms with Gasteiger partial charge in [-0.25, -0.2) is 4.39 Å². The fourth-order valence-electron chi connectivity index (χ4n) is 3.68. The molecule has 0 aromatic heterocycles. The second kappa shape index (κ2) is 7.43. The Kier molecular flexibility index (Phi) is 5.75. The van der Waals surface area contributed by atoms with E-state index in [2.05, 4.69) is 5.32 Å². The van der Waals surface area contributed by atoms with Crippen LogP contribution in [0.4, 0.5) is 4.39 Å². The van der Waals surface area contributed by atoms with Gasteiger partial charge in [-0.05, 0) is 54.9 Å². The van der Waals surface area contributed by atoms with Crippen molar-refractivity contribution in [2.24, 2.45) is 17.8 Å². The highest BCUT2D eigenvalue weighted by Crippen LogP contribution is 2.41. The highest BCUT2D eigenvalue weighted by molar-refractivity contribution is 6.00. The molecule has 0 spiro atoms. The van der Waals surface area contributed by atoms with Gasteiger partial charge in [0, 0.05) is 5.56 Å². The number of aliphatic hydroxyl groups is 1. The lowest BCUT2D eigenvalue weighted by molar-refractivity contribution is -0.155. The maximum Gasteiger partial charge on any atom is 0.252 e. The van der Waals surface area contributed by atoms with E-state index in [0.717, 1.165) is 12.8 Å². The summed E-state index contributed by atoms with van der Waals surface area (Å²) < 4.78 is 12.9. The third kappa shape index (κ3) is 4.01. The van der Waals surface area contributed by atoms with Crippen LogP contribution in [-0.4, -0.2) is 28.9 Å². The molecule has 2 unspecified atom stereocenters. The number of rotatable bonds is 5. The van der Waals surface area contributed by atoms with Gasteiger partial charge in [-0.15, -0.1) is 0 Å². The normalized spacial score (nSPS) is 27.1. The molecule has 0 bridgehead atoms. The number of halogens is 1. The van der Waals surface area contributed by atoms with Gasteiger partial charge < -0.3 is 10.4 Å². The van der Waals surface area contributed by atoms with Gasteiger partial charge in [-0.1, -0.05) is 27.2 Å². The molecule has 2 rings (SSSR count). The van der Waals surface area contributed by atoms with E-state index in [-0.39, 0.29) is 30.1 Å². The molecule has 1 aliphatic rings. The number of hydrogen-bond acceptors (Lipinski definition) is 3. The van der Waals surface area contributed by atoms with E-state index in [0.29, 0.717) is 12.0 Å². The van der Waals surface area contributed by atoms with Crippen LogP contribution in [0.2, 0.25) is 0 Å². The van der Waals surface area contributed by atoms with Gasteiger partial charge in [0.25, 0.3) is 5.91 Å². The molecule has 1 saturated carbocycles. The summed E-state index contributed by atoms with van der Waals surface area (Å²) in [6.45, 7) is 5.83. The lowest BCUT2D eigenvalue weighted by Crippen LogP contribution is -2.56. The molecule has 1 aliphatic carbocycles. The lowest BCUT2D eigenvalue weighted by Gasteiger charge is -2.43. The Morgan fingerprint density at radius 1 is 1.29 bits per heavy atom. The van der Waals surface area contributed by atoms with Crippen LogP contribution in [0.1, 0.15) is 50.4 Å². The van der Waals surface area contributed by atoms with E-state index >= 15 is 0 Å². The molecule has 1 aromatic rings. The standard InChI is InChI=1S/C19H26FNO3/c1-12(2)16-9-4-13(3)10-19(16,24)18(23)21-11-17(22)14-5-7-15(20)8-6-14/h5-8,12-13,16,24H,4,9-11H2,1-3H3,(H,21,23)/t13?,16?,19-/m1/s1. The largest absolute Gasteiger partial charge is 0.380 e. The number of nitrogens with one attached hydrogen (secondary N) is 1. The van der Waals surface area contributed by atoms with Crippen molar-refractivity contribution in [3.8, 4) is 0 Å². The molecule has 2 N–H and O–H groups in total. The van der Waals surface area contributed by atoms with Crippen molar-refractivity contribution < 1.29 is 19.1 Å². The number of benzene rings is 1. The fourth-order valence-corrected chi connectivity index (χ4v) is 3.68. The number of carbonyl (C=O) groups is 2. The molecule has 1 aromatic carbocycles. The molecule has 24 heavy (non-hydrogen) atoms. The third-order valence-electron chi connectivity index (χ3n) is 5.02. The van der Waals surface area contributed by atoms with Gasteiger partial charge in [-0.3, -0.25) is 9.59 Å². The lowest BCUT2D eigenvalue weighted by atomic mass is 9.66. The van der Waals surface area contributed by atoms with Crippen molar-refractivity contribution in [2.45, 2.75) is 45.6 Å². The van der Waals surface area contributed by atoms with Crippen molar-refractivity contribution in [1.82, 2.24) is 5.32 Å². The minimum atomic E-state index is -1.44. The zero-order chi connectivity index (χ0) is 17.9. The number of ketones is 1. The second-order valence-electron chi connectivity index (χ2n) is 7.27. The third-order valence-corrected chi connectivity index (χ3v) is 5.02. The number of Topliss-reactive ketones (excluding diaryl/α,β-unsaturated/α-hetero) is 1. The Morgan fingerprint density at radius 2 is 1.92 bits per heavy atom.